The van der Waals surface area contributed by atoms with E-state index in [0.29, 0.717) is 35.5 Å². The summed E-state index contributed by atoms with van der Waals surface area (Å²) in [7, 11) is 0. The molecule has 2 aliphatic carbocycles. The smallest absolute Gasteiger partial charge is 0.348 e. The summed E-state index contributed by atoms with van der Waals surface area (Å²) in [6.45, 7) is 2.37. The lowest BCUT2D eigenvalue weighted by molar-refractivity contribution is 0.111. The van der Waals surface area contributed by atoms with Gasteiger partial charge in [0.25, 0.3) is 0 Å². The summed E-state index contributed by atoms with van der Waals surface area (Å²) in [5, 5.41) is 12.0. The number of hydrogen-bond donors (Lipinski definition) is 2. The zero-order chi connectivity index (χ0) is 17.1. The van der Waals surface area contributed by atoms with E-state index < -0.39 is 5.63 Å². The highest BCUT2D eigenvalue weighted by molar-refractivity contribution is 5.83. The van der Waals surface area contributed by atoms with E-state index in [-0.39, 0.29) is 24.6 Å². The number of rotatable bonds is 5. The van der Waals surface area contributed by atoms with E-state index in [4.69, 9.17) is 9.52 Å². The molecular weight excluding hydrogens is 306 g/mol. The number of allylic oxidation sites excluding steroid dienone is 2. The molecule has 1 saturated carbocycles. The fourth-order valence-corrected chi connectivity index (χ4v) is 4.30. The molecule has 0 saturated heterocycles. The van der Waals surface area contributed by atoms with E-state index in [1.54, 1.807) is 6.07 Å². The number of aliphatic hydroxyl groups is 1. The predicted molar refractivity (Wildman–Crippen MR) is 92.4 cm³/mol. The summed E-state index contributed by atoms with van der Waals surface area (Å²) in [5.74, 6) is 2.13. The Morgan fingerprint density at radius 2 is 2.12 bits per heavy atom. The van der Waals surface area contributed by atoms with Crippen LogP contribution in [0.15, 0.2) is 27.4 Å². The minimum atomic E-state index is -0.600. The van der Waals surface area contributed by atoms with Gasteiger partial charge in [-0.05, 0) is 30.6 Å². The van der Waals surface area contributed by atoms with Gasteiger partial charge in [-0.3, -0.25) is 4.79 Å². The minimum Gasteiger partial charge on any atom is -0.427 e. The molecule has 1 aromatic heterocycles. The topological polar surface area (TPSA) is 79.5 Å². The molecule has 0 spiro atoms. The van der Waals surface area contributed by atoms with Gasteiger partial charge in [0, 0.05) is 18.5 Å². The van der Waals surface area contributed by atoms with Crippen LogP contribution < -0.4 is 10.9 Å². The van der Waals surface area contributed by atoms with Gasteiger partial charge >= 0.3 is 5.63 Å². The zero-order valence-corrected chi connectivity index (χ0v) is 14.0. The van der Waals surface area contributed by atoms with Gasteiger partial charge in [0.2, 0.25) is 0 Å². The van der Waals surface area contributed by atoms with E-state index in [1.807, 2.05) is 0 Å². The van der Waals surface area contributed by atoms with Crippen LogP contribution in [0, 0.1) is 17.8 Å². The molecule has 2 aliphatic rings. The summed E-state index contributed by atoms with van der Waals surface area (Å²) in [5.41, 5.74) is -0.150. The molecule has 1 heterocycles. The number of carbonyl (C=O) groups is 1. The first-order valence-electron chi connectivity index (χ1n) is 8.82. The Morgan fingerprint density at radius 3 is 2.88 bits per heavy atom. The van der Waals surface area contributed by atoms with Crippen LogP contribution in [0.2, 0.25) is 0 Å². The molecule has 4 atom stereocenters. The van der Waals surface area contributed by atoms with Gasteiger partial charge in [-0.15, -0.1) is 0 Å². The third-order valence-electron chi connectivity index (χ3n) is 5.45. The van der Waals surface area contributed by atoms with Crippen LogP contribution in [-0.4, -0.2) is 24.5 Å². The summed E-state index contributed by atoms with van der Waals surface area (Å²) in [4.78, 5) is 23.5. The van der Waals surface area contributed by atoms with E-state index in [2.05, 4.69) is 24.4 Å². The van der Waals surface area contributed by atoms with Crippen molar-refractivity contribution in [1.29, 1.82) is 0 Å². The highest BCUT2D eigenvalue weighted by Crippen LogP contribution is 2.47. The van der Waals surface area contributed by atoms with Crippen molar-refractivity contribution in [2.75, 3.05) is 18.5 Å². The molecule has 5 nitrogen and oxygen atoms in total. The van der Waals surface area contributed by atoms with Crippen LogP contribution in [0.5, 0.6) is 0 Å². The highest BCUT2D eigenvalue weighted by atomic mass is 16.4. The maximum absolute atomic E-state index is 12.2. The van der Waals surface area contributed by atoms with Crippen LogP contribution >= 0.6 is 0 Å². The molecule has 5 heteroatoms. The summed E-state index contributed by atoms with van der Waals surface area (Å²) < 4.78 is 5.56. The Balaban J connectivity index is 2.01. The van der Waals surface area contributed by atoms with E-state index in [9.17, 15) is 9.59 Å². The maximum Gasteiger partial charge on any atom is 0.348 e. The molecular formula is C19H25NO4. The first-order valence-corrected chi connectivity index (χ1v) is 8.82. The molecule has 1 fully saturated rings. The fraction of sp³-hybridized carbons (Fsp3) is 0.579. The molecule has 1 aromatic rings. The lowest BCUT2D eigenvalue weighted by Gasteiger charge is -2.40. The summed E-state index contributed by atoms with van der Waals surface area (Å²) in [6.07, 6.45) is 9.87. The third-order valence-corrected chi connectivity index (χ3v) is 5.45. The largest absolute Gasteiger partial charge is 0.427 e. The van der Waals surface area contributed by atoms with Crippen molar-refractivity contribution in [3.05, 3.63) is 40.0 Å². The van der Waals surface area contributed by atoms with Crippen molar-refractivity contribution in [2.24, 2.45) is 17.8 Å². The SMILES string of the molecule is C[C@H]1C=C[C@H]2CCCCC2[C@@H]1c1cc(NCCO)c(C=O)c(=O)o1. The number of anilines is 1. The quantitative estimate of drug-likeness (QED) is 0.640. The lowest BCUT2D eigenvalue weighted by Crippen LogP contribution is -2.32. The van der Waals surface area contributed by atoms with Gasteiger partial charge in [0.05, 0.1) is 12.3 Å². The van der Waals surface area contributed by atoms with Gasteiger partial charge in [0.1, 0.15) is 11.3 Å². The van der Waals surface area contributed by atoms with E-state index in [0.717, 1.165) is 6.42 Å². The molecule has 24 heavy (non-hydrogen) atoms. The Morgan fingerprint density at radius 1 is 1.33 bits per heavy atom. The number of fused-ring (bicyclic) bond motifs is 1. The number of aldehydes is 1. The van der Waals surface area contributed by atoms with Crippen molar-refractivity contribution in [3.63, 3.8) is 0 Å². The first kappa shape index (κ1) is 17.0. The number of nitrogens with one attached hydrogen (secondary N) is 1. The Labute approximate surface area is 141 Å². The second-order valence-corrected chi connectivity index (χ2v) is 6.91. The van der Waals surface area contributed by atoms with Crippen molar-refractivity contribution in [1.82, 2.24) is 0 Å². The van der Waals surface area contributed by atoms with Crippen molar-refractivity contribution in [3.8, 4) is 0 Å². The maximum atomic E-state index is 12.2. The Kier molecular flexibility index (Phi) is 5.19. The molecule has 3 rings (SSSR count). The molecule has 0 bridgehead atoms. The minimum absolute atomic E-state index is 0.00796. The van der Waals surface area contributed by atoms with Crippen LogP contribution in [0.25, 0.3) is 0 Å². The highest BCUT2D eigenvalue weighted by Gasteiger charge is 2.38. The van der Waals surface area contributed by atoms with Crippen LogP contribution in [-0.2, 0) is 0 Å². The third kappa shape index (κ3) is 3.18. The zero-order valence-electron chi connectivity index (χ0n) is 14.0. The van der Waals surface area contributed by atoms with Gasteiger partial charge in [-0.1, -0.05) is 31.9 Å². The van der Waals surface area contributed by atoms with Crippen molar-refractivity contribution in [2.45, 2.75) is 38.5 Å². The average molecular weight is 331 g/mol. The molecule has 0 amide bonds. The fourth-order valence-electron chi connectivity index (χ4n) is 4.30. The monoisotopic (exact) mass is 331 g/mol. The average Bonchev–Trinajstić information content (AvgIpc) is 2.59. The van der Waals surface area contributed by atoms with Gasteiger partial charge < -0.3 is 14.8 Å². The summed E-state index contributed by atoms with van der Waals surface area (Å²) >= 11 is 0. The van der Waals surface area contributed by atoms with Crippen LogP contribution in [0.3, 0.4) is 0 Å². The van der Waals surface area contributed by atoms with E-state index >= 15 is 0 Å². The molecule has 1 unspecified atom stereocenters. The van der Waals surface area contributed by atoms with Gasteiger partial charge in [0.15, 0.2) is 6.29 Å². The Hall–Kier alpha value is -1.88. The van der Waals surface area contributed by atoms with Gasteiger partial charge in [-0.2, -0.15) is 0 Å². The first-order chi connectivity index (χ1) is 11.7. The molecule has 0 radical (unpaired) electrons. The molecule has 0 aromatic carbocycles. The molecule has 0 aliphatic heterocycles. The predicted octanol–water partition coefficient (Wildman–Crippen LogP) is 2.95. The second-order valence-electron chi connectivity index (χ2n) is 6.91. The molecule has 130 valence electrons. The Bertz CT molecular complexity index is 678. The van der Waals surface area contributed by atoms with Crippen LogP contribution in [0.1, 0.15) is 54.6 Å². The molecule has 2 N–H and O–H groups in total. The number of aliphatic hydroxyl groups excluding tert-OH is 1. The second kappa shape index (κ2) is 7.34. The normalized spacial score (nSPS) is 29.1. The summed E-state index contributed by atoms with van der Waals surface area (Å²) in [6, 6.07) is 1.78. The van der Waals surface area contributed by atoms with Gasteiger partial charge in [-0.25, -0.2) is 4.79 Å². The van der Waals surface area contributed by atoms with Crippen LogP contribution in [0.4, 0.5) is 5.69 Å². The number of carbonyl (C=O) groups excluding carboxylic acids is 1. The van der Waals surface area contributed by atoms with Crippen molar-refractivity contribution < 1.29 is 14.3 Å². The van der Waals surface area contributed by atoms with E-state index in [1.165, 1.54) is 19.3 Å². The lowest BCUT2D eigenvalue weighted by atomic mass is 9.64. The van der Waals surface area contributed by atoms with Crippen molar-refractivity contribution >= 4 is 12.0 Å². The standard InChI is InChI=1S/C19H25NO4/c1-12-6-7-13-4-2-3-5-14(13)18(12)17-10-16(20-8-9-21)15(11-22)19(23)24-17/h6-7,10-14,18,20-21H,2-5,8-9H2,1H3/t12-,13+,14?,18+/m0/s1. The number of hydrogen-bond acceptors (Lipinski definition) is 5.